The molecular formula is C19H29BrN6O2. The molecule has 0 saturated carbocycles. The minimum absolute atomic E-state index is 0.0222. The van der Waals surface area contributed by atoms with Gasteiger partial charge in [0.2, 0.25) is 0 Å². The fraction of sp³-hybridized carbons (Fsp3) is 0.421. The number of aliphatic imine (C=N–C) groups is 1. The molecule has 1 aromatic heterocycles. The number of pyridine rings is 1. The Bertz CT molecular complexity index is 720. The Hall–Kier alpha value is -2.39. The summed E-state index contributed by atoms with van der Waals surface area (Å²) in [6.07, 6.45) is 8.10. The third kappa shape index (κ3) is 9.01. The molecule has 0 aliphatic carbocycles. The summed E-state index contributed by atoms with van der Waals surface area (Å²) in [5.74, 6) is 1.27. The molecule has 9 heteroatoms. The summed E-state index contributed by atoms with van der Waals surface area (Å²) in [7, 11) is 3.46. The van der Waals surface area contributed by atoms with Gasteiger partial charge in [-0.1, -0.05) is 19.9 Å². The number of nitrogens with zero attached hydrogens (tertiary/aromatic N) is 4. The molecule has 28 heavy (non-hydrogen) atoms. The number of hydrogen-bond acceptors (Lipinski definition) is 6. The molecule has 0 aromatic carbocycles. The quantitative estimate of drug-likeness (QED) is 0.156. The molecule has 0 aliphatic heterocycles. The Morgan fingerprint density at radius 2 is 2.29 bits per heavy atom. The van der Waals surface area contributed by atoms with Crippen LogP contribution < -0.4 is 15.4 Å². The highest BCUT2D eigenvalue weighted by atomic mass is 79.9. The maximum atomic E-state index is 11.5. The molecule has 8 nitrogen and oxygen atoms in total. The van der Waals surface area contributed by atoms with Gasteiger partial charge in [-0.2, -0.15) is 9.83 Å². The van der Waals surface area contributed by atoms with Crippen LogP contribution in [0.2, 0.25) is 0 Å². The van der Waals surface area contributed by atoms with Crippen LogP contribution in [0.4, 0.5) is 0 Å². The zero-order chi connectivity index (χ0) is 20.9. The largest absolute Gasteiger partial charge is 0.619 e. The van der Waals surface area contributed by atoms with Crippen molar-refractivity contribution in [1.29, 1.82) is 0 Å². The summed E-state index contributed by atoms with van der Waals surface area (Å²) in [4.78, 5) is 4.26. The number of aliphatic hydroxyl groups excluding tert-OH is 1. The third-order valence-electron chi connectivity index (χ3n) is 3.75. The van der Waals surface area contributed by atoms with Crippen molar-refractivity contribution in [3.63, 3.8) is 0 Å². The topological polar surface area (TPSA) is 99.2 Å². The van der Waals surface area contributed by atoms with Gasteiger partial charge < -0.3 is 20.9 Å². The number of hydrazone groups is 1. The van der Waals surface area contributed by atoms with Gasteiger partial charge in [-0.15, -0.1) is 0 Å². The molecular weight excluding hydrogens is 424 g/mol. The van der Waals surface area contributed by atoms with Crippen LogP contribution >= 0.6 is 15.9 Å². The second-order valence-electron chi connectivity index (χ2n) is 6.09. The number of allylic oxidation sites excluding steroid dienone is 1. The number of aromatic nitrogens is 1. The number of aliphatic hydroxyl groups is 1. The zero-order valence-electron chi connectivity index (χ0n) is 16.6. The highest BCUT2D eigenvalue weighted by Gasteiger charge is 2.10. The van der Waals surface area contributed by atoms with Crippen molar-refractivity contribution in [2.45, 2.75) is 32.4 Å². The van der Waals surface area contributed by atoms with Gasteiger partial charge in [0.1, 0.15) is 11.7 Å². The molecule has 0 fully saturated rings. The smallest absolute Gasteiger partial charge is 0.185 e. The van der Waals surface area contributed by atoms with Crippen molar-refractivity contribution in [2.75, 3.05) is 20.7 Å². The number of amidine groups is 1. The molecule has 1 heterocycles. The van der Waals surface area contributed by atoms with E-state index in [1.807, 2.05) is 6.07 Å². The molecule has 0 unspecified atom stereocenters. The minimum atomic E-state index is -0.0779. The van der Waals surface area contributed by atoms with Crippen molar-refractivity contribution < 1.29 is 9.84 Å². The van der Waals surface area contributed by atoms with Crippen molar-refractivity contribution in [2.24, 2.45) is 10.1 Å². The monoisotopic (exact) mass is 452 g/mol. The summed E-state index contributed by atoms with van der Waals surface area (Å²) in [5.41, 5.74) is 0.827. The van der Waals surface area contributed by atoms with E-state index in [1.165, 1.54) is 12.4 Å². The van der Waals surface area contributed by atoms with Gasteiger partial charge in [0.05, 0.1) is 18.9 Å². The highest BCUT2D eigenvalue weighted by Crippen LogP contribution is 2.05. The van der Waals surface area contributed by atoms with E-state index < -0.39 is 0 Å². The van der Waals surface area contributed by atoms with E-state index in [1.54, 1.807) is 37.5 Å². The van der Waals surface area contributed by atoms with Crippen molar-refractivity contribution in [1.82, 2.24) is 15.6 Å². The summed E-state index contributed by atoms with van der Waals surface area (Å²) in [5, 5.41) is 33.4. The molecule has 1 aromatic rings. The van der Waals surface area contributed by atoms with E-state index in [0.29, 0.717) is 22.7 Å². The van der Waals surface area contributed by atoms with E-state index in [-0.39, 0.29) is 12.6 Å². The van der Waals surface area contributed by atoms with Gasteiger partial charge in [0.25, 0.3) is 0 Å². The number of halogens is 1. The lowest BCUT2D eigenvalue weighted by molar-refractivity contribution is -0.605. The van der Waals surface area contributed by atoms with Crippen LogP contribution in [0.3, 0.4) is 0 Å². The molecule has 1 rings (SSSR count). The maximum Gasteiger partial charge on any atom is 0.185 e. The first-order valence-corrected chi connectivity index (χ1v) is 9.78. The van der Waals surface area contributed by atoms with E-state index in [0.717, 1.165) is 23.1 Å². The average Bonchev–Trinajstić information content (AvgIpc) is 2.67. The number of nitrogens with one attached hydrogen (secondary N) is 2. The van der Waals surface area contributed by atoms with Crippen molar-refractivity contribution in [3.05, 3.63) is 58.3 Å². The number of hydrogen-bond donors (Lipinski definition) is 3. The molecule has 1 atom stereocenters. The van der Waals surface area contributed by atoms with E-state index >= 15 is 0 Å². The third-order valence-corrected chi connectivity index (χ3v) is 3.96. The predicted molar refractivity (Wildman–Crippen MR) is 117 cm³/mol. The van der Waals surface area contributed by atoms with Crippen LogP contribution in [0, 0.1) is 5.21 Å². The molecule has 0 amide bonds. The Balaban J connectivity index is 3.02. The van der Waals surface area contributed by atoms with Crippen molar-refractivity contribution in [3.8, 4) is 0 Å². The van der Waals surface area contributed by atoms with Gasteiger partial charge in [-0.05, 0) is 28.4 Å². The van der Waals surface area contributed by atoms with Crippen LogP contribution in [-0.4, -0.2) is 48.9 Å². The standard InChI is InChI=1S/C19H29BrN6O2/c1-5-7-17(14-27)24-18(21-3)10-19(25(4)23-11-15(2)20)22-12-16-8-6-9-26(28)13-16/h6,8-11,13,17,22,27H,2,5,7,12,14H2,1,3-4H3,(H,21,24)/b19-10-,23-11-/t17-/m1/s1. The Kier molecular flexibility index (Phi) is 10.9. The maximum absolute atomic E-state index is 11.5. The van der Waals surface area contributed by atoms with Gasteiger partial charge in [0, 0.05) is 42.8 Å². The summed E-state index contributed by atoms with van der Waals surface area (Å²) >= 11 is 3.25. The SMILES string of the molecule is C=C(Br)/C=N\N(C)/C(=C\C(=N/C)N[C@@H](CO)CCC)NCc1ccc[n+]([O-])c1. The van der Waals surface area contributed by atoms with Crippen LogP contribution in [0.5, 0.6) is 0 Å². The first-order chi connectivity index (χ1) is 13.4. The second kappa shape index (κ2) is 12.9. The van der Waals surface area contributed by atoms with E-state index in [4.69, 9.17) is 0 Å². The molecule has 154 valence electrons. The normalized spacial score (nSPS) is 13.5. The highest BCUT2D eigenvalue weighted by molar-refractivity contribution is 9.12. The van der Waals surface area contributed by atoms with Crippen LogP contribution in [0.1, 0.15) is 25.3 Å². The lowest BCUT2D eigenvalue weighted by atomic mass is 10.2. The fourth-order valence-corrected chi connectivity index (χ4v) is 2.43. The molecule has 0 bridgehead atoms. The predicted octanol–water partition coefficient (Wildman–Crippen LogP) is 1.86. The van der Waals surface area contributed by atoms with Gasteiger partial charge in [-0.25, -0.2) is 0 Å². The minimum Gasteiger partial charge on any atom is -0.619 e. The van der Waals surface area contributed by atoms with Crippen LogP contribution in [0.15, 0.2) is 57.6 Å². The average molecular weight is 453 g/mol. The molecule has 3 N–H and O–H groups in total. The van der Waals surface area contributed by atoms with Gasteiger partial charge in [-0.3, -0.25) is 10.0 Å². The van der Waals surface area contributed by atoms with Crippen LogP contribution in [-0.2, 0) is 6.54 Å². The first kappa shape index (κ1) is 23.6. The molecule has 0 saturated heterocycles. The summed E-state index contributed by atoms with van der Waals surface area (Å²) < 4.78 is 1.40. The summed E-state index contributed by atoms with van der Waals surface area (Å²) in [6.45, 7) is 6.25. The van der Waals surface area contributed by atoms with E-state index in [9.17, 15) is 10.3 Å². The Morgan fingerprint density at radius 1 is 1.54 bits per heavy atom. The molecule has 0 radical (unpaired) electrons. The lowest BCUT2D eigenvalue weighted by Crippen LogP contribution is -2.38. The van der Waals surface area contributed by atoms with Crippen LogP contribution in [0.25, 0.3) is 0 Å². The van der Waals surface area contributed by atoms with Gasteiger partial charge >= 0.3 is 0 Å². The fourth-order valence-electron chi connectivity index (χ4n) is 2.34. The lowest BCUT2D eigenvalue weighted by Gasteiger charge is -2.21. The second-order valence-corrected chi connectivity index (χ2v) is 7.11. The van der Waals surface area contributed by atoms with Gasteiger partial charge in [0.15, 0.2) is 12.4 Å². The Morgan fingerprint density at radius 3 is 2.86 bits per heavy atom. The zero-order valence-corrected chi connectivity index (χ0v) is 18.2. The molecule has 0 spiro atoms. The number of rotatable bonds is 11. The molecule has 0 aliphatic rings. The summed E-state index contributed by atoms with van der Waals surface area (Å²) in [6, 6.07) is 3.48. The first-order valence-electron chi connectivity index (χ1n) is 8.99. The van der Waals surface area contributed by atoms with Crippen molar-refractivity contribution >= 4 is 28.0 Å². The van der Waals surface area contributed by atoms with E-state index in [2.05, 4.69) is 50.2 Å². The Labute approximate surface area is 175 Å².